The highest BCUT2D eigenvalue weighted by Gasteiger charge is 2.16. The van der Waals surface area contributed by atoms with Crippen molar-refractivity contribution in [3.63, 3.8) is 0 Å². The predicted octanol–water partition coefficient (Wildman–Crippen LogP) is 1.09. The summed E-state index contributed by atoms with van der Waals surface area (Å²) in [7, 11) is 6.88. The lowest BCUT2D eigenvalue weighted by Crippen LogP contribution is -3.08. The molecule has 2 N–H and O–H groups in total. The van der Waals surface area contributed by atoms with E-state index in [0.29, 0.717) is 25.4 Å². The molecule has 2 aromatic rings. The summed E-state index contributed by atoms with van der Waals surface area (Å²) in [5, 5.41) is 2.98. The van der Waals surface area contributed by atoms with Gasteiger partial charge in [0.2, 0.25) is 0 Å². The maximum Gasteiger partial charge on any atom is 0.275 e. The third-order valence-corrected chi connectivity index (χ3v) is 4.35. The first-order valence-corrected chi connectivity index (χ1v) is 8.98. The van der Waals surface area contributed by atoms with Crippen molar-refractivity contribution in [1.82, 2.24) is 5.32 Å². The highest BCUT2D eigenvalue weighted by atomic mass is 16.5. The number of nitrogens with one attached hydrogen (secondary N) is 2. The van der Waals surface area contributed by atoms with Gasteiger partial charge in [0.25, 0.3) is 5.91 Å². The Morgan fingerprint density at radius 3 is 2.30 bits per heavy atom. The second kappa shape index (κ2) is 10.4. The van der Waals surface area contributed by atoms with Gasteiger partial charge in [-0.15, -0.1) is 0 Å². The second-order valence-corrected chi connectivity index (χ2v) is 6.38. The topological polar surface area (TPSA) is 61.2 Å². The number of benzene rings is 2. The fourth-order valence-electron chi connectivity index (χ4n) is 3.06. The molecule has 0 aliphatic rings. The first-order valence-electron chi connectivity index (χ1n) is 8.98. The highest BCUT2D eigenvalue weighted by Crippen LogP contribution is 2.29. The van der Waals surface area contributed by atoms with E-state index in [-0.39, 0.29) is 5.91 Å². The van der Waals surface area contributed by atoms with E-state index in [1.165, 1.54) is 0 Å². The van der Waals surface area contributed by atoms with Gasteiger partial charge in [-0.3, -0.25) is 4.79 Å². The van der Waals surface area contributed by atoms with E-state index in [9.17, 15) is 4.79 Å². The van der Waals surface area contributed by atoms with Crippen LogP contribution in [0.3, 0.4) is 0 Å². The van der Waals surface area contributed by atoms with Gasteiger partial charge >= 0.3 is 0 Å². The van der Waals surface area contributed by atoms with Gasteiger partial charge in [-0.2, -0.15) is 0 Å². The van der Waals surface area contributed by atoms with Crippen molar-refractivity contribution < 1.29 is 23.9 Å². The fraction of sp³-hybridized carbons (Fsp3) is 0.381. The van der Waals surface area contributed by atoms with Crippen LogP contribution in [0.25, 0.3) is 0 Å². The monoisotopic (exact) mass is 373 g/mol. The van der Waals surface area contributed by atoms with Crippen LogP contribution in [0.5, 0.6) is 17.2 Å². The van der Waals surface area contributed by atoms with E-state index in [1.54, 1.807) is 21.3 Å². The molecule has 0 aromatic heterocycles. The molecule has 1 unspecified atom stereocenters. The third kappa shape index (κ3) is 5.89. The lowest BCUT2D eigenvalue weighted by molar-refractivity contribution is -0.885. The zero-order valence-electron chi connectivity index (χ0n) is 16.5. The summed E-state index contributed by atoms with van der Waals surface area (Å²) in [5.74, 6) is 2.28. The van der Waals surface area contributed by atoms with Crippen molar-refractivity contribution >= 4 is 5.91 Å². The Morgan fingerprint density at radius 2 is 1.59 bits per heavy atom. The van der Waals surface area contributed by atoms with E-state index < -0.39 is 0 Å². The molecule has 2 rings (SSSR count). The normalized spacial score (nSPS) is 11.6. The standard InChI is InChI=1S/C21H28N2O4/c1-23(14-17-9-7-11-19(26-3)21(17)27-4)15-20(24)22-13-12-16-8-5-6-10-18(16)25-2/h5-11H,12-15H2,1-4H3,(H,22,24)/p+1. The Bertz CT molecular complexity index is 749. The molecule has 0 fully saturated rings. The maximum absolute atomic E-state index is 12.2. The molecule has 6 heteroatoms. The van der Waals surface area contributed by atoms with E-state index in [0.717, 1.165) is 33.9 Å². The summed E-state index contributed by atoms with van der Waals surface area (Å²) < 4.78 is 16.1. The van der Waals surface area contributed by atoms with Crippen LogP contribution in [0, 0.1) is 0 Å². The molecule has 146 valence electrons. The number of likely N-dealkylation sites (N-methyl/N-ethyl adjacent to an activating group) is 1. The van der Waals surface area contributed by atoms with Crippen molar-refractivity contribution in [2.24, 2.45) is 0 Å². The number of carbonyl (C=O) groups is 1. The third-order valence-electron chi connectivity index (χ3n) is 4.35. The van der Waals surface area contributed by atoms with Crippen LogP contribution in [0.4, 0.5) is 0 Å². The number of para-hydroxylation sites is 2. The van der Waals surface area contributed by atoms with Crippen LogP contribution < -0.4 is 24.4 Å². The number of rotatable bonds is 10. The summed E-state index contributed by atoms with van der Waals surface area (Å²) in [4.78, 5) is 13.3. The van der Waals surface area contributed by atoms with Gasteiger partial charge in [0.05, 0.1) is 33.9 Å². The average Bonchev–Trinajstić information content (AvgIpc) is 2.67. The SMILES string of the molecule is COc1ccccc1CCNC(=O)C[NH+](C)Cc1cccc(OC)c1OC. The molecule has 1 amide bonds. The van der Waals surface area contributed by atoms with Crippen LogP contribution in [-0.4, -0.2) is 47.4 Å². The van der Waals surface area contributed by atoms with Crippen LogP contribution in [0.2, 0.25) is 0 Å². The Morgan fingerprint density at radius 1 is 0.926 bits per heavy atom. The number of hydrogen-bond acceptors (Lipinski definition) is 4. The van der Waals surface area contributed by atoms with Crippen LogP contribution in [-0.2, 0) is 17.8 Å². The van der Waals surface area contributed by atoms with Gasteiger partial charge in [-0.25, -0.2) is 0 Å². The molecule has 0 aliphatic carbocycles. The number of quaternary nitrogens is 1. The molecule has 27 heavy (non-hydrogen) atoms. The van der Waals surface area contributed by atoms with Crippen molar-refractivity contribution in [3.05, 3.63) is 53.6 Å². The summed E-state index contributed by atoms with van der Waals surface area (Å²) in [6.45, 7) is 1.63. The molecular formula is C21H29N2O4+. The van der Waals surface area contributed by atoms with Gasteiger partial charge in [-0.05, 0) is 30.2 Å². The molecular weight excluding hydrogens is 344 g/mol. The highest BCUT2D eigenvalue weighted by molar-refractivity contribution is 5.76. The Balaban J connectivity index is 1.84. The van der Waals surface area contributed by atoms with Gasteiger partial charge in [0.15, 0.2) is 18.0 Å². The maximum atomic E-state index is 12.2. The summed E-state index contributed by atoms with van der Waals surface area (Å²) >= 11 is 0. The van der Waals surface area contributed by atoms with E-state index >= 15 is 0 Å². The smallest absolute Gasteiger partial charge is 0.275 e. The first kappa shape index (κ1) is 20.6. The molecule has 0 spiro atoms. The van der Waals surface area contributed by atoms with Crippen LogP contribution in [0.15, 0.2) is 42.5 Å². The molecule has 6 nitrogen and oxygen atoms in total. The molecule has 0 aliphatic heterocycles. The molecule has 0 bridgehead atoms. The first-order chi connectivity index (χ1) is 13.1. The minimum absolute atomic E-state index is 0.0178. The van der Waals surface area contributed by atoms with Crippen molar-refractivity contribution in [1.29, 1.82) is 0 Å². The lowest BCUT2D eigenvalue weighted by atomic mass is 10.1. The van der Waals surface area contributed by atoms with Gasteiger partial charge < -0.3 is 24.4 Å². The molecule has 2 aromatic carbocycles. The predicted molar refractivity (Wildman–Crippen MR) is 105 cm³/mol. The fourth-order valence-corrected chi connectivity index (χ4v) is 3.06. The minimum atomic E-state index is 0.0178. The Labute approximate surface area is 161 Å². The molecule has 1 atom stereocenters. The number of carbonyl (C=O) groups excluding carboxylic acids is 1. The Kier molecular flexibility index (Phi) is 7.95. The minimum Gasteiger partial charge on any atom is -0.496 e. The summed E-state index contributed by atoms with van der Waals surface area (Å²) in [6.07, 6.45) is 0.735. The number of hydrogen-bond donors (Lipinski definition) is 2. The zero-order valence-corrected chi connectivity index (χ0v) is 16.5. The van der Waals surface area contributed by atoms with Crippen molar-refractivity contribution in [2.75, 3.05) is 41.5 Å². The lowest BCUT2D eigenvalue weighted by Gasteiger charge is -2.17. The summed E-state index contributed by atoms with van der Waals surface area (Å²) in [6, 6.07) is 13.6. The number of amides is 1. The van der Waals surface area contributed by atoms with Crippen LogP contribution in [0.1, 0.15) is 11.1 Å². The van der Waals surface area contributed by atoms with E-state index in [1.807, 2.05) is 49.5 Å². The van der Waals surface area contributed by atoms with Gasteiger partial charge in [0.1, 0.15) is 12.3 Å². The van der Waals surface area contributed by atoms with Crippen LogP contribution >= 0.6 is 0 Å². The van der Waals surface area contributed by atoms with E-state index in [4.69, 9.17) is 14.2 Å². The molecule has 0 saturated heterocycles. The molecule has 0 saturated carbocycles. The molecule has 0 radical (unpaired) electrons. The van der Waals surface area contributed by atoms with Gasteiger partial charge in [0, 0.05) is 6.54 Å². The number of ether oxygens (including phenoxy) is 3. The Hall–Kier alpha value is -2.73. The van der Waals surface area contributed by atoms with Gasteiger partial charge in [-0.1, -0.05) is 24.3 Å². The summed E-state index contributed by atoms with van der Waals surface area (Å²) in [5.41, 5.74) is 2.10. The number of methoxy groups -OCH3 is 3. The quantitative estimate of drug-likeness (QED) is 0.654. The van der Waals surface area contributed by atoms with E-state index in [2.05, 4.69) is 5.32 Å². The van der Waals surface area contributed by atoms with Crippen molar-refractivity contribution in [3.8, 4) is 17.2 Å². The average molecular weight is 373 g/mol. The second-order valence-electron chi connectivity index (χ2n) is 6.38. The largest absolute Gasteiger partial charge is 0.496 e. The van der Waals surface area contributed by atoms with Crippen molar-refractivity contribution in [2.45, 2.75) is 13.0 Å². The molecule has 0 heterocycles. The zero-order chi connectivity index (χ0) is 19.6.